The summed E-state index contributed by atoms with van der Waals surface area (Å²) in [5, 5.41) is 4.94. The van der Waals surface area contributed by atoms with Crippen LogP contribution in [0.5, 0.6) is 0 Å². The van der Waals surface area contributed by atoms with Crippen molar-refractivity contribution >= 4 is 33.7 Å². The average molecular weight is 435 g/mol. The summed E-state index contributed by atoms with van der Waals surface area (Å²) in [4.78, 5) is 49.6. The number of aromatic nitrogens is 3. The Morgan fingerprint density at radius 1 is 1.00 bits per heavy atom. The smallest absolute Gasteiger partial charge is 0.408 e. The van der Waals surface area contributed by atoms with Crippen LogP contribution in [-0.2, 0) is 11.3 Å². The molecule has 0 aliphatic heterocycles. The van der Waals surface area contributed by atoms with Gasteiger partial charge in [-0.2, -0.15) is 5.10 Å². The number of benzene rings is 2. The molecule has 0 bridgehead atoms. The molecular weight excluding hydrogens is 414 g/mol. The number of hydrogen-bond acceptors (Lipinski definition) is 6. The van der Waals surface area contributed by atoms with E-state index in [9.17, 15) is 19.2 Å². The third-order valence-corrected chi connectivity index (χ3v) is 4.98. The van der Waals surface area contributed by atoms with Crippen molar-refractivity contribution in [1.29, 1.82) is 0 Å². The number of carbonyl (C=O) groups is 2. The lowest BCUT2D eigenvalue weighted by atomic mass is 10.1. The van der Waals surface area contributed by atoms with E-state index < -0.39 is 17.6 Å². The monoisotopic (exact) mass is 435 g/mol. The molecule has 2 amide bonds. The fraction of sp³-hybridized carbons (Fsp3) is 0.227. The van der Waals surface area contributed by atoms with Crippen LogP contribution in [0.4, 0.5) is 0 Å². The number of fused-ring (bicyclic) bond motifs is 2. The van der Waals surface area contributed by atoms with Crippen molar-refractivity contribution in [3.63, 3.8) is 0 Å². The molecule has 10 heteroatoms. The first-order valence-corrected chi connectivity index (χ1v) is 10.1. The maximum absolute atomic E-state index is 12.7. The number of nitrogens with one attached hydrogen (secondary N) is 2. The summed E-state index contributed by atoms with van der Waals surface area (Å²) in [6.45, 7) is 3.65. The highest BCUT2D eigenvalue weighted by molar-refractivity contribution is 6.05. The van der Waals surface area contributed by atoms with Crippen molar-refractivity contribution in [2.45, 2.75) is 32.9 Å². The third-order valence-electron chi connectivity index (χ3n) is 4.98. The van der Waals surface area contributed by atoms with Gasteiger partial charge in [-0.25, -0.2) is 9.48 Å². The Morgan fingerprint density at radius 3 is 2.44 bits per heavy atom. The molecule has 0 radical (unpaired) electrons. The minimum atomic E-state index is -0.658. The van der Waals surface area contributed by atoms with Gasteiger partial charge in [-0.3, -0.25) is 29.8 Å². The Balaban J connectivity index is 1.48. The van der Waals surface area contributed by atoms with Crippen LogP contribution in [0, 0.1) is 0 Å². The number of carbonyl (C=O) groups excluding carboxylic acids is 2. The lowest BCUT2D eigenvalue weighted by Gasteiger charge is -2.13. The van der Waals surface area contributed by atoms with Crippen molar-refractivity contribution in [1.82, 2.24) is 25.2 Å². The number of amides is 2. The van der Waals surface area contributed by atoms with Crippen molar-refractivity contribution < 1.29 is 14.0 Å². The first-order valence-electron chi connectivity index (χ1n) is 10.1. The van der Waals surface area contributed by atoms with Crippen LogP contribution in [0.1, 0.15) is 36.8 Å². The van der Waals surface area contributed by atoms with Crippen LogP contribution in [0.3, 0.4) is 0 Å². The molecule has 0 atom stereocenters. The molecule has 0 saturated heterocycles. The second kappa shape index (κ2) is 8.50. The summed E-state index contributed by atoms with van der Waals surface area (Å²) in [6, 6.07) is 13.3. The van der Waals surface area contributed by atoms with Crippen LogP contribution in [0.2, 0.25) is 0 Å². The molecule has 4 aromatic rings. The molecule has 4 rings (SSSR count). The van der Waals surface area contributed by atoms with E-state index in [4.69, 9.17) is 4.42 Å². The van der Waals surface area contributed by atoms with Gasteiger partial charge in [0.05, 0.1) is 16.9 Å². The number of nitrogens with zero attached hydrogens (tertiary/aromatic N) is 3. The summed E-state index contributed by atoms with van der Waals surface area (Å²) in [6.07, 6.45) is -0.0661. The van der Waals surface area contributed by atoms with E-state index in [1.165, 1.54) is 9.25 Å². The Hall–Kier alpha value is -4.21. The van der Waals surface area contributed by atoms with E-state index in [2.05, 4.69) is 16.0 Å². The summed E-state index contributed by atoms with van der Waals surface area (Å²) < 4.78 is 7.72. The highest BCUT2D eigenvalue weighted by Gasteiger charge is 2.18. The SMILES string of the molecule is CC(C)n1nc(C(=O)NNC(=O)CCn2c(=O)oc3ccccc32)c2ccccc2c1=O. The van der Waals surface area contributed by atoms with Gasteiger partial charge in [0.2, 0.25) is 5.91 Å². The maximum atomic E-state index is 12.7. The first-order chi connectivity index (χ1) is 15.4. The van der Waals surface area contributed by atoms with Crippen LogP contribution in [-0.4, -0.2) is 26.2 Å². The lowest BCUT2D eigenvalue weighted by Crippen LogP contribution is -2.43. The number of rotatable bonds is 5. The van der Waals surface area contributed by atoms with Crippen molar-refractivity contribution in [3.8, 4) is 0 Å². The van der Waals surface area contributed by atoms with Crippen molar-refractivity contribution in [2.75, 3.05) is 0 Å². The Morgan fingerprint density at radius 2 is 1.69 bits per heavy atom. The number of para-hydroxylation sites is 2. The largest absolute Gasteiger partial charge is 0.419 e. The summed E-state index contributed by atoms with van der Waals surface area (Å²) in [5.41, 5.74) is 5.40. The Kier molecular flexibility index (Phi) is 5.59. The molecule has 0 saturated carbocycles. The predicted octanol–water partition coefficient (Wildman–Crippen LogP) is 1.74. The predicted molar refractivity (Wildman–Crippen MR) is 117 cm³/mol. The van der Waals surface area contributed by atoms with Crippen molar-refractivity contribution in [3.05, 3.63) is 75.1 Å². The Bertz CT molecular complexity index is 1450. The van der Waals surface area contributed by atoms with Crippen LogP contribution >= 0.6 is 0 Å². The summed E-state index contributed by atoms with van der Waals surface area (Å²) >= 11 is 0. The standard InChI is InChI=1S/C22H21N5O5/c1-13(2)27-21(30)15-8-4-3-7-14(15)19(25-27)20(29)24-23-18(28)11-12-26-16-9-5-6-10-17(16)32-22(26)31/h3-10,13H,11-12H2,1-2H3,(H,23,28)(H,24,29). The highest BCUT2D eigenvalue weighted by Crippen LogP contribution is 2.15. The van der Waals surface area contributed by atoms with Gasteiger partial charge in [-0.05, 0) is 32.0 Å². The van der Waals surface area contributed by atoms with Gasteiger partial charge in [-0.1, -0.05) is 30.3 Å². The summed E-state index contributed by atoms with van der Waals surface area (Å²) in [7, 11) is 0. The molecule has 10 nitrogen and oxygen atoms in total. The molecule has 0 unspecified atom stereocenters. The minimum Gasteiger partial charge on any atom is -0.408 e. The molecule has 0 fully saturated rings. The topological polar surface area (TPSA) is 128 Å². The third kappa shape index (κ3) is 3.89. The van der Waals surface area contributed by atoms with Gasteiger partial charge in [-0.15, -0.1) is 0 Å². The second-order valence-corrected chi connectivity index (χ2v) is 7.48. The van der Waals surface area contributed by atoms with Gasteiger partial charge in [0, 0.05) is 18.4 Å². The van der Waals surface area contributed by atoms with E-state index in [-0.39, 0.29) is 30.3 Å². The average Bonchev–Trinajstić information content (AvgIpc) is 3.11. The van der Waals surface area contributed by atoms with Crippen molar-refractivity contribution in [2.24, 2.45) is 0 Å². The zero-order valence-corrected chi connectivity index (χ0v) is 17.5. The molecular formula is C22H21N5O5. The number of aryl methyl sites for hydroxylation is 1. The van der Waals surface area contributed by atoms with E-state index in [0.717, 1.165) is 0 Å². The van der Waals surface area contributed by atoms with Gasteiger partial charge >= 0.3 is 5.76 Å². The van der Waals surface area contributed by atoms with Gasteiger partial charge < -0.3 is 4.42 Å². The maximum Gasteiger partial charge on any atom is 0.419 e. The highest BCUT2D eigenvalue weighted by atomic mass is 16.4. The van der Waals surface area contributed by atoms with E-state index in [0.29, 0.717) is 21.9 Å². The lowest BCUT2D eigenvalue weighted by molar-refractivity contribution is -0.122. The van der Waals surface area contributed by atoms with Crippen LogP contribution < -0.4 is 22.2 Å². The molecule has 0 aliphatic carbocycles. The second-order valence-electron chi connectivity index (χ2n) is 7.48. The molecule has 2 aromatic carbocycles. The minimum absolute atomic E-state index is 0.0197. The molecule has 2 heterocycles. The zero-order valence-electron chi connectivity index (χ0n) is 17.5. The van der Waals surface area contributed by atoms with Gasteiger partial charge in [0.25, 0.3) is 11.5 Å². The van der Waals surface area contributed by atoms with Crippen LogP contribution in [0.15, 0.2) is 62.5 Å². The van der Waals surface area contributed by atoms with E-state index in [1.807, 2.05) is 0 Å². The number of hydrazine groups is 1. The normalized spacial score (nSPS) is 11.2. The number of hydrogen-bond donors (Lipinski definition) is 2. The van der Waals surface area contributed by atoms with E-state index in [1.54, 1.807) is 62.4 Å². The molecule has 0 aliphatic rings. The molecule has 2 aromatic heterocycles. The number of oxazole rings is 1. The molecule has 2 N–H and O–H groups in total. The van der Waals surface area contributed by atoms with Gasteiger partial charge in [0.15, 0.2) is 11.3 Å². The first kappa shape index (κ1) is 21.0. The van der Waals surface area contributed by atoms with Crippen LogP contribution in [0.25, 0.3) is 21.9 Å². The zero-order chi connectivity index (χ0) is 22.8. The fourth-order valence-electron chi connectivity index (χ4n) is 3.41. The quantitative estimate of drug-likeness (QED) is 0.460. The summed E-state index contributed by atoms with van der Waals surface area (Å²) in [5.74, 6) is -1.72. The van der Waals surface area contributed by atoms with E-state index >= 15 is 0 Å². The molecule has 164 valence electrons. The fourth-order valence-corrected chi connectivity index (χ4v) is 3.41. The molecule has 32 heavy (non-hydrogen) atoms. The Labute approximate surface area is 181 Å². The molecule has 0 spiro atoms. The van der Waals surface area contributed by atoms with Gasteiger partial charge in [0.1, 0.15) is 0 Å².